The van der Waals surface area contributed by atoms with Gasteiger partial charge >= 0.3 is 0 Å². The van der Waals surface area contributed by atoms with Crippen LogP contribution in [0.4, 0.5) is 0 Å². The maximum absolute atomic E-state index is 12.6. The van der Waals surface area contributed by atoms with E-state index in [2.05, 4.69) is 20.5 Å². The van der Waals surface area contributed by atoms with E-state index in [-0.39, 0.29) is 17.2 Å². The molecule has 25 heavy (non-hydrogen) atoms. The van der Waals surface area contributed by atoms with E-state index in [4.69, 9.17) is 0 Å². The minimum atomic E-state index is -0.452. The van der Waals surface area contributed by atoms with Gasteiger partial charge < -0.3 is 9.88 Å². The second-order valence-corrected chi connectivity index (χ2v) is 7.14. The fraction of sp³-hybridized carbons (Fsp3) is 0.438. The van der Waals surface area contributed by atoms with Gasteiger partial charge in [0.1, 0.15) is 11.9 Å². The van der Waals surface area contributed by atoms with Crippen LogP contribution >= 0.6 is 11.3 Å². The Balaban J connectivity index is 1.57. The summed E-state index contributed by atoms with van der Waals surface area (Å²) in [6.45, 7) is 1.85. The quantitative estimate of drug-likeness (QED) is 0.769. The van der Waals surface area contributed by atoms with E-state index in [0.717, 1.165) is 12.8 Å². The number of aromatic nitrogens is 5. The average molecular weight is 358 g/mol. The molecule has 9 heteroatoms. The summed E-state index contributed by atoms with van der Waals surface area (Å²) in [5.41, 5.74) is -0.345. The number of carbonyl (C=O) groups excluding carboxylic acids is 1. The van der Waals surface area contributed by atoms with Crippen LogP contribution in [0, 0.1) is 0 Å². The number of rotatable bonds is 4. The molecular weight excluding hydrogens is 340 g/mol. The standard InChI is InChI=1S/C16H18N6O2S/c1-10(13-20-18-9-22(13)11-4-2-3-5-11)19-14(23)12-8-17-16-21(15(12)24)6-7-25-16/h6-11H,2-5H2,1H3,(H,19,23)/t10-/m1/s1. The number of amides is 1. The van der Waals surface area contributed by atoms with Crippen molar-refractivity contribution >= 4 is 22.2 Å². The van der Waals surface area contributed by atoms with Crippen molar-refractivity contribution in [2.45, 2.75) is 44.7 Å². The van der Waals surface area contributed by atoms with Gasteiger partial charge in [-0.2, -0.15) is 0 Å². The number of hydrogen-bond acceptors (Lipinski definition) is 6. The fourth-order valence-corrected chi connectivity index (χ4v) is 4.02. The zero-order valence-electron chi connectivity index (χ0n) is 13.8. The molecule has 0 radical (unpaired) electrons. The van der Waals surface area contributed by atoms with Gasteiger partial charge in [0, 0.05) is 23.8 Å². The van der Waals surface area contributed by atoms with Crippen LogP contribution in [0.3, 0.4) is 0 Å². The van der Waals surface area contributed by atoms with Crippen molar-refractivity contribution in [2.75, 3.05) is 0 Å². The predicted molar refractivity (Wildman–Crippen MR) is 92.7 cm³/mol. The molecule has 4 rings (SSSR count). The Morgan fingerprint density at radius 1 is 1.40 bits per heavy atom. The largest absolute Gasteiger partial charge is 0.342 e. The Morgan fingerprint density at radius 3 is 3.00 bits per heavy atom. The van der Waals surface area contributed by atoms with Crippen molar-refractivity contribution in [2.24, 2.45) is 0 Å². The van der Waals surface area contributed by atoms with Crippen molar-refractivity contribution in [3.05, 3.63) is 45.8 Å². The Labute approximate surface area is 147 Å². The van der Waals surface area contributed by atoms with Crippen LogP contribution in [0.25, 0.3) is 4.96 Å². The predicted octanol–water partition coefficient (Wildman–Crippen LogP) is 1.95. The maximum atomic E-state index is 12.6. The first kappa shape index (κ1) is 15.9. The van der Waals surface area contributed by atoms with E-state index in [0.29, 0.717) is 16.8 Å². The molecule has 3 aromatic rings. The summed E-state index contributed by atoms with van der Waals surface area (Å²) < 4.78 is 3.43. The molecule has 3 heterocycles. The molecule has 130 valence electrons. The number of carbonyl (C=O) groups is 1. The smallest absolute Gasteiger partial charge is 0.271 e. The van der Waals surface area contributed by atoms with Crippen LogP contribution in [0.5, 0.6) is 0 Å². The van der Waals surface area contributed by atoms with E-state index < -0.39 is 5.91 Å². The number of hydrogen-bond donors (Lipinski definition) is 1. The van der Waals surface area contributed by atoms with Gasteiger partial charge in [0.15, 0.2) is 10.8 Å². The van der Waals surface area contributed by atoms with Gasteiger partial charge in [0.25, 0.3) is 11.5 Å². The minimum Gasteiger partial charge on any atom is -0.342 e. The van der Waals surface area contributed by atoms with E-state index in [1.165, 1.54) is 34.8 Å². The molecule has 1 aliphatic carbocycles. The van der Waals surface area contributed by atoms with E-state index >= 15 is 0 Å². The molecule has 1 amide bonds. The molecule has 0 unspecified atom stereocenters. The lowest BCUT2D eigenvalue weighted by Gasteiger charge is -2.18. The molecule has 1 fully saturated rings. The summed E-state index contributed by atoms with van der Waals surface area (Å²) in [7, 11) is 0. The molecule has 0 aliphatic heterocycles. The van der Waals surface area contributed by atoms with E-state index in [9.17, 15) is 9.59 Å². The van der Waals surface area contributed by atoms with Crippen molar-refractivity contribution in [3.8, 4) is 0 Å². The minimum absolute atomic E-state index is 0.0229. The zero-order chi connectivity index (χ0) is 17.4. The summed E-state index contributed by atoms with van der Waals surface area (Å²) in [5, 5.41) is 12.8. The summed E-state index contributed by atoms with van der Waals surface area (Å²) in [5.74, 6) is 0.261. The van der Waals surface area contributed by atoms with Crippen LogP contribution in [0.15, 0.2) is 28.9 Å². The van der Waals surface area contributed by atoms with Crippen LogP contribution in [-0.4, -0.2) is 30.1 Å². The van der Waals surface area contributed by atoms with Gasteiger partial charge in [-0.3, -0.25) is 14.0 Å². The van der Waals surface area contributed by atoms with Crippen LogP contribution in [-0.2, 0) is 0 Å². The van der Waals surface area contributed by atoms with Gasteiger partial charge in [-0.05, 0) is 19.8 Å². The molecule has 1 saturated carbocycles. The molecule has 1 N–H and O–H groups in total. The first-order chi connectivity index (χ1) is 12.1. The van der Waals surface area contributed by atoms with Gasteiger partial charge in [0.2, 0.25) is 0 Å². The normalized spacial score (nSPS) is 16.4. The highest BCUT2D eigenvalue weighted by atomic mass is 32.1. The number of nitrogens with zero attached hydrogens (tertiary/aromatic N) is 5. The van der Waals surface area contributed by atoms with Crippen molar-refractivity contribution < 1.29 is 4.79 Å². The molecule has 0 saturated heterocycles. The lowest BCUT2D eigenvalue weighted by atomic mass is 10.2. The Hall–Kier alpha value is -2.55. The second kappa shape index (κ2) is 6.40. The molecular formula is C16H18N6O2S. The highest BCUT2D eigenvalue weighted by Crippen LogP contribution is 2.31. The van der Waals surface area contributed by atoms with E-state index in [1.807, 2.05) is 11.5 Å². The Kier molecular flexibility index (Phi) is 4.08. The monoisotopic (exact) mass is 358 g/mol. The molecule has 8 nitrogen and oxygen atoms in total. The average Bonchev–Trinajstić information content (AvgIpc) is 3.34. The first-order valence-corrected chi connectivity index (χ1v) is 9.18. The summed E-state index contributed by atoms with van der Waals surface area (Å²) in [6.07, 6.45) is 9.28. The highest BCUT2D eigenvalue weighted by Gasteiger charge is 2.24. The number of fused-ring (bicyclic) bond motifs is 1. The maximum Gasteiger partial charge on any atom is 0.271 e. The van der Waals surface area contributed by atoms with Crippen LogP contribution < -0.4 is 10.9 Å². The van der Waals surface area contributed by atoms with Crippen LogP contribution in [0.2, 0.25) is 0 Å². The van der Waals surface area contributed by atoms with Crippen LogP contribution in [0.1, 0.15) is 60.9 Å². The van der Waals surface area contributed by atoms with Crippen molar-refractivity contribution in [3.63, 3.8) is 0 Å². The molecule has 0 bridgehead atoms. The van der Waals surface area contributed by atoms with Crippen molar-refractivity contribution in [1.29, 1.82) is 0 Å². The molecule has 0 spiro atoms. The fourth-order valence-electron chi connectivity index (χ4n) is 3.34. The zero-order valence-corrected chi connectivity index (χ0v) is 14.6. The third kappa shape index (κ3) is 2.84. The summed E-state index contributed by atoms with van der Waals surface area (Å²) in [6, 6.07) is 0.0389. The van der Waals surface area contributed by atoms with Gasteiger partial charge in [-0.1, -0.05) is 12.8 Å². The summed E-state index contributed by atoms with van der Waals surface area (Å²) in [4.78, 5) is 29.7. The Bertz CT molecular complexity index is 968. The topological polar surface area (TPSA) is 94.2 Å². The van der Waals surface area contributed by atoms with Gasteiger partial charge in [-0.15, -0.1) is 21.5 Å². The van der Waals surface area contributed by atoms with Crippen molar-refractivity contribution in [1.82, 2.24) is 29.5 Å². The van der Waals surface area contributed by atoms with E-state index in [1.54, 1.807) is 17.9 Å². The molecule has 1 atom stereocenters. The third-order valence-corrected chi connectivity index (χ3v) is 5.41. The van der Waals surface area contributed by atoms with Gasteiger partial charge in [-0.25, -0.2) is 4.98 Å². The first-order valence-electron chi connectivity index (χ1n) is 8.30. The molecule has 3 aromatic heterocycles. The lowest BCUT2D eigenvalue weighted by molar-refractivity contribution is 0.0935. The summed E-state index contributed by atoms with van der Waals surface area (Å²) >= 11 is 1.35. The molecule has 0 aromatic carbocycles. The SMILES string of the molecule is C[C@@H](NC(=O)c1cnc2sccn2c1=O)c1nncn1C1CCCC1. The van der Waals surface area contributed by atoms with Gasteiger partial charge in [0.05, 0.1) is 6.04 Å². The third-order valence-electron chi connectivity index (χ3n) is 4.64. The highest BCUT2D eigenvalue weighted by molar-refractivity contribution is 7.15. The number of nitrogens with one attached hydrogen (secondary N) is 1. The molecule has 1 aliphatic rings. The Morgan fingerprint density at radius 2 is 2.20 bits per heavy atom. The number of thiazole rings is 1. The second-order valence-electron chi connectivity index (χ2n) is 6.26. The lowest BCUT2D eigenvalue weighted by Crippen LogP contribution is -2.34.